The zero-order valence-electron chi connectivity index (χ0n) is 21.0. The third-order valence-electron chi connectivity index (χ3n) is 6.34. The second kappa shape index (κ2) is 11.3. The molecule has 0 saturated carbocycles. The maximum absolute atomic E-state index is 13.2. The van der Waals surface area contributed by atoms with Gasteiger partial charge in [-0.1, -0.05) is 35.3 Å². The number of alkyl halides is 3. The molecule has 4 aromatic rings. The van der Waals surface area contributed by atoms with Gasteiger partial charge < -0.3 is 10.4 Å². The molecular formula is C24H24Cl2F3N7O4S. The summed E-state index contributed by atoms with van der Waals surface area (Å²) in [5.74, 6) is 0.766. The Morgan fingerprint density at radius 2 is 1.76 bits per heavy atom. The molecule has 0 aliphatic carbocycles. The summed E-state index contributed by atoms with van der Waals surface area (Å²) in [5.41, 5.74) is -0.133. The summed E-state index contributed by atoms with van der Waals surface area (Å²) in [6.07, 6.45) is -7.76. The number of nitrogens with one attached hydrogen (secondary N) is 1. The molecule has 2 aromatic carbocycles. The van der Waals surface area contributed by atoms with Crippen LogP contribution < -0.4 is 11.0 Å². The molecular weight excluding hydrogens is 610 g/mol. The first-order valence-electron chi connectivity index (χ1n) is 12.2. The molecule has 4 N–H and O–H groups in total. The van der Waals surface area contributed by atoms with E-state index >= 15 is 0 Å². The highest BCUT2D eigenvalue weighted by atomic mass is 35.5. The first kappa shape index (κ1) is 29.4. The summed E-state index contributed by atoms with van der Waals surface area (Å²) in [6, 6.07) is 12.8. The molecule has 0 bridgehead atoms. The van der Waals surface area contributed by atoms with Crippen molar-refractivity contribution in [1.82, 2.24) is 29.1 Å². The van der Waals surface area contributed by atoms with Crippen molar-refractivity contribution in [2.75, 3.05) is 23.4 Å². The van der Waals surface area contributed by atoms with Crippen LogP contribution in [-0.4, -0.2) is 73.7 Å². The van der Waals surface area contributed by atoms with E-state index in [0.717, 1.165) is 9.25 Å². The summed E-state index contributed by atoms with van der Waals surface area (Å²) in [6.45, 7) is -1.02. The van der Waals surface area contributed by atoms with E-state index in [1.807, 2.05) is 0 Å². The average Bonchev–Trinajstić information content (AvgIpc) is 3.42. The highest BCUT2D eigenvalue weighted by Crippen LogP contribution is 2.51. The van der Waals surface area contributed by atoms with E-state index in [1.165, 1.54) is 28.9 Å². The molecule has 5 rings (SSSR count). The normalized spacial score (nSPS) is 16.8. The molecule has 0 radical (unpaired) electrons. The molecule has 11 nitrogen and oxygen atoms in total. The van der Waals surface area contributed by atoms with Gasteiger partial charge in [0.25, 0.3) is 0 Å². The summed E-state index contributed by atoms with van der Waals surface area (Å²) in [7, 11) is -2.54. The molecule has 1 aliphatic heterocycles. The van der Waals surface area contributed by atoms with Crippen LogP contribution in [0, 0.1) is 5.92 Å². The van der Waals surface area contributed by atoms with Gasteiger partial charge in [0.2, 0.25) is 5.95 Å². The molecule has 0 spiro atoms. The van der Waals surface area contributed by atoms with Crippen molar-refractivity contribution < 1.29 is 27.4 Å². The van der Waals surface area contributed by atoms with E-state index in [0.29, 0.717) is 27.8 Å². The molecule has 220 valence electrons. The van der Waals surface area contributed by atoms with Crippen molar-refractivity contribution in [3.63, 3.8) is 0 Å². The molecule has 41 heavy (non-hydrogen) atoms. The number of nitrogens with zero attached hydrogens (tertiary/aromatic N) is 6. The SMILES string of the molecule is O=c1n(Cc2nc(NCC3CS(O)(O)C3)n(-c3ccccc3Cl)n2)nc(-c2ccc(Cl)cc2)n1C[C@H](O)C(F)(F)F. The van der Waals surface area contributed by atoms with E-state index in [2.05, 4.69) is 20.5 Å². The van der Waals surface area contributed by atoms with E-state index < -0.39 is 35.1 Å². The van der Waals surface area contributed by atoms with Gasteiger partial charge in [0, 0.05) is 34.6 Å². The van der Waals surface area contributed by atoms with Crippen molar-refractivity contribution >= 4 is 39.7 Å². The fourth-order valence-electron chi connectivity index (χ4n) is 4.32. The molecule has 17 heteroatoms. The van der Waals surface area contributed by atoms with Crippen LogP contribution in [0.25, 0.3) is 17.1 Å². The van der Waals surface area contributed by atoms with Crippen molar-refractivity contribution in [2.24, 2.45) is 5.92 Å². The Morgan fingerprint density at radius 1 is 1.07 bits per heavy atom. The van der Waals surface area contributed by atoms with Gasteiger partial charge in [0.05, 0.1) is 17.3 Å². The number of aliphatic hydroxyl groups is 1. The molecule has 0 amide bonds. The van der Waals surface area contributed by atoms with Crippen molar-refractivity contribution in [1.29, 1.82) is 0 Å². The van der Waals surface area contributed by atoms with Crippen LogP contribution in [0.1, 0.15) is 5.82 Å². The minimum atomic E-state index is -4.96. The smallest absolute Gasteiger partial charge is 0.382 e. The van der Waals surface area contributed by atoms with Crippen LogP contribution in [0.4, 0.5) is 19.1 Å². The van der Waals surface area contributed by atoms with Crippen molar-refractivity contribution in [2.45, 2.75) is 25.4 Å². The Kier molecular flexibility index (Phi) is 8.11. The van der Waals surface area contributed by atoms with Gasteiger partial charge in [-0.2, -0.15) is 33.4 Å². The topological polar surface area (TPSA) is 143 Å². The lowest BCUT2D eigenvalue weighted by Crippen LogP contribution is -2.37. The largest absolute Gasteiger partial charge is 0.416 e. The summed E-state index contributed by atoms with van der Waals surface area (Å²) in [5, 5.41) is 22.3. The average molecular weight is 634 g/mol. The Balaban J connectivity index is 1.49. The number of para-hydroxylation sites is 1. The van der Waals surface area contributed by atoms with Crippen LogP contribution in [-0.2, 0) is 13.1 Å². The van der Waals surface area contributed by atoms with Crippen LogP contribution in [0.3, 0.4) is 0 Å². The molecule has 1 saturated heterocycles. The van der Waals surface area contributed by atoms with Crippen molar-refractivity contribution in [3.05, 3.63) is 74.9 Å². The standard InChI is InChI=1S/C24H24Cl2F3N7O4S/c25-16-7-5-15(6-8-16)21-33-35(23(38)34(21)10-19(37)24(27,28)29)11-20-31-22(30-9-14-12-41(39,40)13-14)36(32-20)18-4-2-1-3-17(18)26/h1-8,14,19,37,39-40H,9-13H2,(H,30,31,32)/t19-/m0/s1. The van der Waals surface area contributed by atoms with Crippen molar-refractivity contribution in [3.8, 4) is 17.1 Å². The highest BCUT2D eigenvalue weighted by molar-refractivity contribution is 8.25. The number of aromatic nitrogens is 6. The maximum Gasteiger partial charge on any atom is 0.416 e. The quantitative estimate of drug-likeness (QED) is 0.213. The lowest BCUT2D eigenvalue weighted by Gasteiger charge is -2.47. The van der Waals surface area contributed by atoms with Crippen LogP contribution >= 0.6 is 33.8 Å². The van der Waals surface area contributed by atoms with Gasteiger partial charge in [-0.3, -0.25) is 13.7 Å². The molecule has 0 unspecified atom stereocenters. The van der Waals surface area contributed by atoms with Gasteiger partial charge >= 0.3 is 11.9 Å². The molecule has 1 atom stereocenters. The van der Waals surface area contributed by atoms with E-state index in [-0.39, 0.29) is 41.6 Å². The van der Waals surface area contributed by atoms with Gasteiger partial charge in [-0.15, -0.1) is 10.2 Å². The fraction of sp³-hybridized carbons (Fsp3) is 0.333. The number of rotatable bonds is 9. The number of aliphatic hydroxyl groups excluding tert-OH is 1. The monoisotopic (exact) mass is 633 g/mol. The molecule has 3 heterocycles. The second-order valence-corrected chi connectivity index (χ2v) is 12.7. The number of benzene rings is 2. The van der Waals surface area contributed by atoms with E-state index in [9.17, 15) is 32.2 Å². The lowest BCUT2D eigenvalue weighted by atomic mass is 10.2. The Bertz CT molecular complexity index is 1600. The van der Waals surface area contributed by atoms with Crippen LogP contribution in [0.2, 0.25) is 10.0 Å². The number of halogens is 5. The molecule has 2 aromatic heterocycles. The van der Waals surface area contributed by atoms with Crippen LogP contribution in [0.5, 0.6) is 0 Å². The summed E-state index contributed by atoms with van der Waals surface area (Å²) in [4.78, 5) is 17.7. The van der Waals surface area contributed by atoms with E-state index in [1.54, 1.807) is 24.3 Å². The first-order valence-corrected chi connectivity index (χ1v) is 14.8. The van der Waals surface area contributed by atoms with Gasteiger partial charge in [0.15, 0.2) is 17.8 Å². The highest BCUT2D eigenvalue weighted by Gasteiger charge is 2.39. The number of hydrogen-bond donors (Lipinski definition) is 4. The minimum Gasteiger partial charge on any atom is -0.382 e. The number of hydrogen-bond acceptors (Lipinski definition) is 8. The molecule has 1 fully saturated rings. The third kappa shape index (κ3) is 6.55. The maximum atomic E-state index is 13.2. The molecule has 1 aliphatic rings. The van der Waals surface area contributed by atoms with Crippen LogP contribution in [0.15, 0.2) is 53.3 Å². The Hall–Kier alpha value is -3.08. The number of anilines is 1. The fourth-order valence-corrected chi connectivity index (χ4v) is 6.31. The summed E-state index contributed by atoms with van der Waals surface area (Å²) < 4.78 is 62.0. The minimum absolute atomic E-state index is 0.000146. The predicted octanol–water partition coefficient (Wildman–Crippen LogP) is 4.36. The van der Waals surface area contributed by atoms with E-state index in [4.69, 9.17) is 23.2 Å². The Morgan fingerprint density at radius 3 is 2.39 bits per heavy atom. The van der Waals surface area contributed by atoms with Gasteiger partial charge in [-0.25, -0.2) is 9.48 Å². The zero-order valence-corrected chi connectivity index (χ0v) is 23.4. The first-order chi connectivity index (χ1) is 19.3. The lowest BCUT2D eigenvalue weighted by molar-refractivity contribution is -0.207. The zero-order chi connectivity index (χ0) is 29.5. The third-order valence-corrected chi connectivity index (χ3v) is 8.92. The predicted molar refractivity (Wildman–Crippen MR) is 149 cm³/mol. The second-order valence-electron chi connectivity index (χ2n) is 9.54. The van der Waals surface area contributed by atoms with Gasteiger partial charge in [-0.05, 0) is 36.4 Å². The Labute approximate surface area is 242 Å². The van der Waals surface area contributed by atoms with Gasteiger partial charge in [0.1, 0.15) is 6.54 Å². The summed E-state index contributed by atoms with van der Waals surface area (Å²) >= 11 is 12.3.